The van der Waals surface area contributed by atoms with Crippen molar-refractivity contribution in [2.75, 3.05) is 6.26 Å². The summed E-state index contributed by atoms with van der Waals surface area (Å²) in [5, 5.41) is 2.37. The Hall–Kier alpha value is -3.28. The van der Waals surface area contributed by atoms with Crippen LogP contribution < -0.4 is 5.56 Å². The first kappa shape index (κ1) is 18.7. The van der Waals surface area contributed by atoms with E-state index in [1.54, 1.807) is 17.9 Å². The summed E-state index contributed by atoms with van der Waals surface area (Å²) < 4.78 is 20.2. The Balaban J connectivity index is 1.87. The summed E-state index contributed by atoms with van der Waals surface area (Å²) in [5.41, 5.74) is 3.34. The van der Waals surface area contributed by atoms with Gasteiger partial charge in [-0.2, -0.15) is 0 Å². The number of furan rings is 1. The topological polar surface area (TPSA) is 58.2 Å². The van der Waals surface area contributed by atoms with Crippen molar-refractivity contribution in [1.82, 2.24) is 4.57 Å². The van der Waals surface area contributed by atoms with Crippen LogP contribution in [-0.2, 0) is 18.2 Å². The number of hydrogen-bond acceptors (Lipinski definition) is 3. The molecular weight excluding hydrogens is 394 g/mol. The lowest BCUT2D eigenvalue weighted by atomic mass is 9.99. The van der Waals surface area contributed by atoms with Crippen LogP contribution in [0.25, 0.3) is 44.2 Å². The molecule has 4 nitrogen and oxygen atoms in total. The highest BCUT2D eigenvalue weighted by molar-refractivity contribution is 7.90. The average molecular weight is 413 g/mol. The highest BCUT2D eigenvalue weighted by atomic mass is 32.2. The van der Waals surface area contributed by atoms with E-state index in [1.807, 2.05) is 79.0 Å². The molecular formula is C25H19NO3S. The van der Waals surface area contributed by atoms with Crippen molar-refractivity contribution in [2.45, 2.75) is 4.90 Å². The molecule has 2 aromatic heterocycles. The van der Waals surface area contributed by atoms with Crippen molar-refractivity contribution in [2.24, 2.45) is 7.05 Å². The maximum absolute atomic E-state index is 12.6. The van der Waals surface area contributed by atoms with Gasteiger partial charge in [-0.05, 0) is 28.7 Å². The van der Waals surface area contributed by atoms with Gasteiger partial charge < -0.3 is 13.5 Å². The van der Waals surface area contributed by atoms with Gasteiger partial charge in [-0.3, -0.25) is 4.79 Å². The van der Waals surface area contributed by atoms with E-state index in [1.165, 1.54) is 0 Å². The zero-order valence-electron chi connectivity index (χ0n) is 16.6. The van der Waals surface area contributed by atoms with E-state index >= 15 is 0 Å². The van der Waals surface area contributed by atoms with Crippen molar-refractivity contribution >= 4 is 32.9 Å². The number of nitrogens with zero attached hydrogens (tertiary/aromatic N) is 1. The van der Waals surface area contributed by atoms with Gasteiger partial charge in [0.1, 0.15) is 17.6 Å². The van der Waals surface area contributed by atoms with E-state index in [0.29, 0.717) is 11.0 Å². The predicted molar refractivity (Wildman–Crippen MR) is 122 cm³/mol. The van der Waals surface area contributed by atoms with E-state index in [-0.39, 0.29) is 5.56 Å². The Bertz CT molecular complexity index is 1450. The number of benzene rings is 3. The van der Waals surface area contributed by atoms with Gasteiger partial charge in [0.2, 0.25) is 0 Å². The molecule has 3 aromatic carbocycles. The van der Waals surface area contributed by atoms with Crippen molar-refractivity contribution in [3.63, 3.8) is 0 Å². The van der Waals surface area contributed by atoms with Crippen LogP contribution in [0.1, 0.15) is 0 Å². The standard InChI is InChI=1S/C25H19NO3S/c1-26-15-22(19-10-6-7-11-20(19)25(26)27)21-14-18(30(2)28)12-17-13-23(29-24(17)21)16-8-4-3-5-9-16/h3-15H,1-2H3. The molecule has 0 saturated carbocycles. The van der Waals surface area contributed by atoms with Crippen LogP contribution in [0.3, 0.4) is 0 Å². The van der Waals surface area contributed by atoms with Crippen LogP contribution in [0.5, 0.6) is 0 Å². The quantitative estimate of drug-likeness (QED) is 0.374. The van der Waals surface area contributed by atoms with E-state index < -0.39 is 11.2 Å². The Morgan fingerprint density at radius 2 is 1.60 bits per heavy atom. The van der Waals surface area contributed by atoms with Crippen LogP contribution in [-0.4, -0.2) is 15.4 Å². The maximum Gasteiger partial charge on any atom is 0.258 e. The highest BCUT2D eigenvalue weighted by Gasteiger charge is 2.19. The summed E-state index contributed by atoms with van der Waals surface area (Å²) in [6, 6.07) is 23.2. The molecule has 0 saturated heterocycles. The second-order valence-electron chi connectivity index (χ2n) is 7.32. The van der Waals surface area contributed by atoms with Gasteiger partial charge in [-0.15, -0.1) is 0 Å². The smallest absolute Gasteiger partial charge is 0.258 e. The molecule has 0 aliphatic heterocycles. The van der Waals surface area contributed by atoms with Crippen LogP contribution in [0.15, 0.2) is 93.1 Å². The summed E-state index contributed by atoms with van der Waals surface area (Å²) in [4.78, 5) is 13.3. The third kappa shape index (κ3) is 3.03. The summed E-state index contributed by atoms with van der Waals surface area (Å²) in [6.07, 6.45) is 3.49. The molecule has 0 fully saturated rings. The zero-order valence-corrected chi connectivity index (χ0v) is 17.4. The molecule has 2 heterocycles. The third-order valence-electron chi connectivity index (χ3n) is 5.36. The fourth-order valence-electron chi connectivity index (χ4n) is 3.87. The number of rotatable bonds is 3. The molecule has 1 unspecified atom stereocenters. The van der Waals surface area contributed by atoms with Crippen LogP contribution in [0, 0.1) is 0 Å². The maximum atomic E-state index is 12.6. The van der Waals surface area contributed by atoms with Gasteiger partial charge in [0, 0.05) is 52.8 Å². The third-order valence-corrected chi connectivity index (χ3v) is 6.26. The lowest BCUT2D eigenvalue weighted by Crippen LogP contribution is -2.16. The zero-order chi connectivity index (χ0) is 20.8. The Kier molecular flexibility index (Phi) is 4.50. The molecule has 5 heteroatoms. The first-order valence-electron chi connectivity index (χ1n) is 9.58. The molecule has 148 valence electrons. The van der Waals surface area contributed by atoms with Crippen LogP contribution in [0.2, 0.25) is 0 Å². The van der Waals surface area contributed by atoms with Crippen molar-refractivity contribution in [3.8, 4) is 22.5 Å². The molecule has 30 heavy (non-hydrogen) atoms. The van der Waals surface area contributed by atoms with E-state index in [4.69, 9.17) is 4.42 Å². The first-order chi connectivity index (χ1) is 14.5. The van der Waals surface area contributed by atoms with Gasteiger partial charge in [0.05, 0.1) is 0 Å². The highest BCUT2D eigenvalue weighted by Crippen LogP contribution is 2.38. The van der Waals surface area contributed by atoms with Gasteiger partial charge >= 0.3 is 0 Å². The monoisotopic (exact) mass is 413 g/mol. The predicted octanol–water partition coefficient (Wildman–Crippen LogP) is 5.36. The lowest BCUT2D eigenvalue weighted by Gasteiger charge is -2.12. The molecule has 0 aliphatic rings. The molecule has 5 aromatic rings. The minimum Gasteiger partial charge on any atom is -0.612 e. The molecule has 0 bridgehead atoms. The van der Waals surface area contributed by atoms with Crippen LogP contribution in [0.4, 0.5) is 0 Å². The largest absolute Gasteiger partial charge is 0.612 e. The minimum atomic E-state index is -1.16. The van der Waals surface area contributed by atoms with Crippen molar-refractivity contribution < 1.29 is 8.97 Å². The molecule has 1 atom stereocenters. The molecule has 0 N–H and O–H groups in total. The Morgan fingerprint density at radius 3 is 2.33 bits per heavy atom. The van der Waals surface area contributed by atoms with Crippen LogP contribution >= 0.6 is 0 Å². The molecule has 0 radical (unpaired) electrons. The van der Waals surface area contributed by atoms with Gasteiger partial charge in [-0.1, -0.05) is 48.5 Å². The second-order valence-corrected chi connectivity index (χ2v) is 8.70. The summed E-state index contributed by atoms with van der Waals surface area (Å²) in [7, 11) is 1.74. The van der Waals surface area contributed by atoms with E-state index in [9.17, 15) is 9.35 Å². The van der Waals surface area contributed by atoms with Crippen molar-refractivity contribution in [1.29, 1.82) is 0 Å². The summed E-state index contributed by atoms with van der Waals surface area (Å²) >= 11 is -1.16. The molecule has 5 rings (SSSR count). The number of pyridine rings is 1. The number of fused-ring (bicyclic) bond motifs is 2. The average Bonchev–Trinajstić information content (AvgIpc) is 3.20. The molecule has 0 aliphatic carbocycles. The van der Waals surface area contributed by atoms with Gasteiger partial charge in [-0.25, -0.2) is 0 Å². The fraction of sp³-hybridized carbons (Fsp3) is 0.0800. The minimum absolute atomic E-state index is 0.0507. The number of aryl methyl sites for hydroxylation is 1. The van der Waals surface area contributed by atoms with E-state index in [0.717, 1.165) is 38.1 Å². The Morgan fingerprint density at radius 1 is 0.900 bits per heavy atom. The lowest BCUT2D eigenvalue weighted by molar-refractivity contribution is 0.601. The first-order valence-corrected chi connectivity index (χ1v) is 11.1. The number of aromatic nitrogens is 1. The SMILES string of the molecule is Cn1cc(-c2cc([S+](C)[O-])cc3cc(-c4ccccc4)oc23)c2ccccc2c1=O. The molecule has 0 spiro atoms. The van der Waals surface area contributed by atoms with Gasteiger partial charge in [0.25, 0.3) is 5.56 Å². The molecule has 0 amide bonds. The summed E-state index contributed by atoms with van der Waals surface area (Å²) in [5.74, 6) is 0.750. The van der Waals surface area contributed by atoms with E-state index in [2.05, 4.69) is 0 Å². The fourth-order valence-corrected chi connectivity index (χ4v) is 4.44. The normalized spacial score (nSPS) is 12.5. The van der Waals surface area contributed by atoms with Gasteiger partial charge in [0.15, 0.2) is 4.90 Å². The van der Waals surface area contributed by atoms with Crippen molar-refractivity contribution in [3.05, 3.63) is 89.3 Å². The Labute approximate surface area is 176 Å². The number of hydrogen-bond donors (Lipinski definition) is 0. The second kappa shape index (κ2) is 7.20. The summed E-state index contributed by atoms with van der Waals surface area (Å²) in [6.45, 7) is 0.